The molecule has 0 saturated heterocycles. The standard InChI is InChI=1S/C17H16N2O4S/c1-22-14-9-5-11(6-10-14)15(20)19-17(24)18-13-7-3-12(4-8-13)16(21)23-2/h3-10H,1-2H3,(H2,18,19,20,24). The monoisotopic (exact) mass is 344 g/mol. The van der Waals surface area contributed by atoms with Crippen LogP contribution in [0.3, 0.4) is 0 Å². The summed E-state index contributed by atoms with van der Waals surface area (Å²) in [6.45, 7) is 0. The highest BCUT2D eigenvalue weighted by molar-refractivity contribution is 7.80. The summed E-state index contributed by atoms with van der Waals surface area (Å²) in [6.07, 6.45) is 0. The van der Waals surface area contributed by atoms with Crippen LogP contribution in [0.15, 0.2) is 48.5 Å². The number of carbonyl (C=O) groups is 2. The van der Waals surface area contributed by atoms with E-state index >= 15 is 0 Å². The van der Waals surface area contributed by atoms with Gasteiger partial charge in [-0.15, -0.1) is 0 Å². The Morgan fingerprint density at radius 1 is 0.917 bits per heavy atom. The van der Waals surface area contributed by atoms with Crippen molar-refractivity contribution >= 4 is 34.9 Å². The molecular weight excluding hydrogens is 328 g/mol. The molecule has 0 unspecified atom stereocenters. The van der Waals surface area contributed by atoms with Gasteiger partial charge in [0.25, 0.3) is 5.91 Å². The lowest BCUT2D eigenvalue weighted by molar-refractivity contribution is 0.0600. The van der Waals surface area contributed by atoms with Crippen molar-refractivity contribution < 1.29 is 19.1 Å². The summed E-state index contributed by atoms with van der Waals surface area (Å²) in [7, 11) is 2.87. The summed E-state index contributed by atoms with van der Waals surface area (Å²) < 4.78 is 9.67. The highest BCUT2D eigenvalue weighted by Gasteiger charge is 2.09. The first kappa shape index (κ1) is 17.4. The Morgan fingerprint density at radius 3 is 2.04 bits per heavy atom. The average Bonchev–Trinajstić information content (AvgIpc) is 2.61. The number of methoxy groups -OCH3 is 2. The van der Waals surface area contributed by atoms with Gasteiger partial charge >= 0.3 is 5.97 Å². The van der Waals surface area contributed by atoms with Crippen LogP contribution < -0.4 is 15.4 Å². The molecular formula is C17H16N2O4S. The third-order valence-electron chi connectivity index (χ3n) is 3.14. The largest absolute Gasteiger partial charge is 0.497 e. The lowest BCUT2D eigenvalue weighted by Crippen LogP contribution is -2.34. The number of ether oxygens (including phenoxy) is 2. The van der Waals surface area contributed by atoms with E-state index in [1.165, 1.54) is 7.11 Å². The zero-order valence-electron chi connectivity index (χ0n) is 13.2. The molecule has 1 amide bonds. The number of thiocarbonyl (C=S) groups is 1. The average molecular weight is 344 g/mol. The number of anilines is 1. The van der Waals surface area contributed by atoms with E-state index in [0.29, 0.717) is 22.6 Å². The summed E-state index contributed by atoms with van der Waals surface area (Å²) in [5.74, 6) is -0.0868. The van der Waals surface area contributed by atoms with Gasteiger partial charge in [0.2, 0.25) is 0 Å². The van der Waals surface area contributed by atoms with E-state index in [0.717, 1.165) is 0 Å². The number of benzene rings is 2. The van der Waals surface area contributed by atoms with Crippen molar-refractivity contribution in [2.24, 2.45) is 0 Å². The fraction of sp³-hybridized carbons (Fsp3) is 0.118. The highest BCUT2D eigenvalue weighted by Crippen LogP contribution is 2.12. The molecule has 2 N–H and O–H groups in total. The number of carbonyl (C=O) groups excluding carboxylic acids is 2. The van der Waals surface area contributed by atoms with E-state index in [9.17, 15) is 9.59 Å². The van der Waals surface area contributed by atoms with Crippen molar-refractivity contribution in [1.29, 1.82) is 0 Å². The molecule has 0 bridgehead atoms. The smallest absolute Gasteiger partial charge is 0.337 e. The van der Waals surface area contributed by atoms with Gasteiger partial charge in [-0.1, -0.05) is 0 Å². The molecule has 124 valence electrons. The quantitative estimate of drug-likeness (QED) is 0.656. The van der Waals surface area contributed by atoms with Crippen LogP contribution in [0.4, 0.5) is 5.69 Å². The van der Waals surface area contributed by atoms with Crippen molar-refractivity contribution in [3.05, 3.63) is 59.7 Å². The number of esters is 1. The minimum absolute atomic E-state index is 0.154. The van der Waals surface area contributed by atoms with Crippen molar-refractivity contribution in [3.63, 3.8) is 0 Å². The fourth-order valence-corrected chi connectivity index (χ4v) is 2.10. The van der Waals surface area contributed by atoms with Crippen molar-refractivity contribution in [1.82, 2.24) is 5.32 Å². The van der Waals surface area contributed by atoms with Gasteiger partial charge in [0, 0.05) is 11.3 Å². The van der Waals surface area contributed by atoms with Crippen LogP contribution in [0.1, 0.15) is 20.7 Å². The number of amides is 1. The van der Waals surface area contributed by atoms with Crippen LogP contribution in [0.2, 0.25) is 0 Å². The molecule has 0 aliphatic carbocycles. The molecule has 6 nitrogen and oxygen atoms in total. The Kier molecular flexibility index (Phi) is 5.86. The Balaban J connectivity index is 1.94. The van der Waals surface area contributed by atoms with Gasteiger partial charge in [-0.3, -0.25) is 10.1 Å². The van der Waals surface area contributed by atoms with Crippen LogP contribution in [0.5, 0.6) is 5.75 Å². The first-order valence-electron chi connectivity index (χ1n) is 6.98. The highest BCUT2D eigenvalue weighted by atomic mass is 32.1. The van der Waals surface area contributed by atoms with E-state index in [1.807, 2.05) is 0 Å². The maximum atomic E-state index is 12.1. The van der Waals surface area contributed by atoms with Gasteiger partial charge in [-0.25, -0.2) is 4.79 Å². The number of hydrogen-bond donors (Lipinski definition) is 2. The number of nitrogens with one attached hydrogen (secondary N) is 2. The minimum atomic E-state index is -0.420. The van der Waals surface area contributed by atoms with E-state index in [2.05, 4.69) is 15.4 Å². The van der Waals surface area contributed by atoms with E-state index < -0.39 is 5.97 Å². The van der Waals surface area contributed by atoms with E-state index in [-0.39, 0.29) is 11.0 Å². The molecule has 0 aliphatic rings. The van der Waals surface area contributed by atoms with Crippen LogP contribution in [-0.2, 0) is 4.74 Å². The predicted molar refractivity (Wildman–Crippen MR) is 94.5 cm³/mol. The number of hydrogen-bond acceptors (Lipinski definition) is 5. The Labute approximate surface area is 144 Å². The SMILES string of the molecule is COC(=O)c1ccc(NC(=S)NC(=O)c2ccc(OC)cc2)cc1. The summed E-state index contributed by atoms with van der Waals surface area (Å²) in [6, 6.07) is 13.2. The molecule has 2 rings (SSSR count). The van der Waals surface area contributed by atoms with E-state index in [1.54, 1.807) is 55.6 Å². The van der Waals surface area contributed by atoms with Gasteiger partial charge in [0.1, 0.15) is 5.75 Å². The van der Waals surface area contributed by atoms with Gasteiger partial charge in [0.15, 0.2) is 5.11 Å². The molecule has 0 saturated carbocycles. The Morgan fingerprint density at radius 2 is 1.50 bits per heavy atom. The maximum Gasteiger partial charge on any atom is 0.337 e. The van der Waals surface area contributed by atoms with Crippen LogP contribution >= 0.6 is 12.2 Å². The third-order valence-corrected chi connectivity index (χ3v) is 3.35. The predicted octanol–water partition coefficient (Wildman–Crippen LogP) is 2.61. The molecule has 0 aromatic heterocycles. The van der Waals surface area contributed by atoms with Gasteiger partial charge in [0.05, 0.1) is 19.8 Å². The lowest BCUT2D eigenvalue weighted by atomic mass is 10.2. The second kappa shape index (κ2) is 8.07. The zero-order chi connectivity index (χ0) is 17.5. The third kappa shape index (κ3) is 4.53. The van der Waals surface area contributed by atoms with Gasteiger partial charge < -0.3 is 14.8 Å². The molecule has 2 aromatic carbocycles. The summed E-state index contributed by atoms with van der Waals surface area (Å²) in [5, 5.41) is 5.61. The number of rotatable bonds is 4. The summed E-state index contributed by atoms with van der Waals surface area (Å²) >= 11 is 5.11. The first-order chi connectivity index (χ1) is 11.5. The van der Waals surface area contributed by atoms with Crippen LogP contribution in [-0.4, -0.2) is 31.2 Å². The maximum absolute atomic E-state index is 12.1. The molecule has 0 spiro atoms. The first-order valence-corrected chi connectivity index (χ1v) is 7.39. The van der Waals surface area contributed by atoms with Gasteiger partial charge in [-0.05, 0) is 60.7 Å². The molecule has 0 fully saturated rings. The molecule has 7 heteroatoms. The topological polar surface area (TPSA) is 76.7 Å². The molecule has 0 radical (unpaired) electrons. The van der Waals surface area contributed by atoms with Crippen molar-refractivity contribution in [3.8, 4) is 5.75 Å². The molecule has 2 aromatic rings. The van der Waals surface area contributed by atoms with Crippen LogP contribution in [0.25, 0.3) is 0 Å². The second-order valence-electron chi connectivity index (χ2n) is 4.71. The van der Waals surface area contributed by atoms with E-state index in [4.69, 9.17) is 17.0 Å². The van der Waals surface area contributed by atoms with Crippen molar-refractivity contribution in [2.45, 2.75) is 0 Å². The van der Waals surface area contributed by atoms with Crippen molar-refractivity contribution in [2.75, 3.05) is 19.5 Å². The minimum Gasteiger partial charge on any atom is -0.497 e. The Hall–Kier alpha value is -2.93. The zero-order valence-corrected chi connectivity index (χ0v) is 14.0. The second-order valence-corrected chi connectivity index (χ2v) is 5.11. The molecule has 0 aliphatic heterocycles. The summed E-state index contributed by atoms with van der Waals surface area (Å²) in [4.78, 5) is 23.4. The normalized spacial score (nSPS) is 9.75. The van der Waals surface area contributed by atoms with Gasteiger partial charge in [-0.2, -0.15) is 0 Å². The lowest BCUT2D eigenvalue weighted by Gasteiger charge is -2.10. The molecule has 24 heavy (non-hydrogen) atoms. The molecule has 0 atom stereocenters. The Bertz CT molecular complexity index is 742. The molecule has 0 heterocycles. The summed E-state index contributed by atoms with van der Waals surface area (Å²) in [5.41, 5.74) is 1.53. The fourth-order valence-electron chi connectivity index (χ4n) is 1.89. The van der Waals surface area contributed by atoms with Crippen LogP contribution in [0, 0.1) is 0 Å².